The van der Waals surface area contributed by atoms with E-state index >= 15 is 0 Å². The van der Waals surface area contributed by atoms with Gasteiger partial charge in [-0.15, -0.1) is 0 Å². The molecule has 1 N–H and O–H groups in total. The smallest absolute Gasteiger partial charge is 0.301 e. The van der Waals surface area contributed by atoms with E-state index in [1.54, 1.807) is 12.2 Å². The average Bonchev–Trinajstić information content (AvgIpc) is 3.61. The fourth-order valence-electron chi connectivity index (χ4n) is 5.68. The highest BCUT2D eigenvalue weighted by molar-refractivity contribution is 7.95. The van der Waals surface area contributed by atoms with Crippen molar-refractivity contribution in [2.24, 2.45) is 5.10 Å². The number of nitro benzene ring substituents is 2. The van der Waals surface area contributed by atoms with Gasteiger partial charge in [0.2, 0.25) is 0 Å². The summed E-state index contributed by atoms with van der Waals surface area (Å²) >= 11 is 0. The summed E-state index contributed by atoms with van der Waals surface area (Å²) in [5, 5.41) is 31.0. The van der Waals surface area contributed by atoms with Crippen LogP contribution in [0.4, 0.5) is 17.1 Å². The number of rotatable bonds is 13. The van der Waals surface area contributed by atoms with E-state index < -0.39 is 22.8 Å². The van der Waals surface area contributed by atoms with E-state index in [9.17, 15) is 20.2 Å². The van der Waals surface area contributed by atoms with Crippen molar-refractivity contribution in [3.05, 3.63) is 207 Å². The molecule has 0 amide bonds. The molecule has 6 rings (SSSR count). The van der Waals surface area contributed by atoms with Crippen LogP contribution in [0.2, 0.25) is 0 Å². The average molecular weight is 680 g/mol. The van der Waals surface area contributed by atoms with Crippen LogP contribution in [0, 0.1) is 20.2 Å². The van der Waals surface area contributed by atoms with Gasteiger partial charge in [-0.05, 0) is 66.7 Å². The number of anilines is 1. The first kappa shape index (κ1) is 33.5. The second-order valence-electron chi connectivity index (χ2n) is 11.2. The molecule has 50 heavy (non-hydrogen) atoms. The van der Waals surface area contributed by atoms with Gasteiger partial charge < -0.3 is 4.42 Å². The van der Waals surface area contributed by atoms with Crippen molar-refractivity contribution in [3.63, 3.8) is 0 Å². The normalized spacial score (nSPS) is 12.0. The lowest BCUT2D eigenvalue weighted by atomic mass is 10.1. The van der Waals surface area contributed by atoms with Crippen molar-refractivity contribution in [2.45, 2.75) is 6.16 Å². The number of furan rings is 1. The molecule has 246 valence electrons. The minimum Gasteiger partial charge on any atom is -0.458 e. The zero-order valence-corrected chi connectivity index (χ0v) is 27.7. The number of non-ortho nitro benzene ring substituents is 1. The fourth-order valence-corrected chi connectivity index (χ4v) is 9.80. The Hall–Kier alpha value is -6.44. The van der Waals surface area contributed by atoms with Crippen molar-refractivity contribution in [2.75, 3.05) is 5.43 Å². The van der Waals surface area contributed by atoms with Gasteiger partial charge in [-0.1, -0.05) is 97.1 Å². The third kappa shape index (κ3) is 7.65. The topological polar surface area (TPSA) is 124 Å². The standard InChI is InChI=1S/C40H32N4O5P/c45-43(46)32-25-28-39(40(29-32)44(47)48)42-41-38(31-15-5-1-6-16-31)24-14-13-17-33-26-27-34(49-33)30-50(35-18-7-2-8-19-35,36-20-9-3-10-21-36)37-22-11-4-12-23-37/h1-29,42H,30H2/q+1/b17-13-,24-14-,41-38?. The molecule has 0 radical (unpaired) electrons. The summed E-state index contributed by atoms with van der Waals surface area (Å²) in [6.07, 6.45) is 7.97. The number of nitrogens with one attached hydrogen (secondary N) is 1. The second kappa shape index (κ2) is 15.6. The van der Waals surface area contributed by atoms with Gasteiger partial charge in [-0.3, -0.25) is 25.7 Å². The van der Waals surface area contributed by atoms with E-state index in [0.717, 1.165) is 17.4 Å². The number of hydrogen-bond acceptors (Lipinski definition) is 7. The zero-order chi connectivity index (χ0) is 34.8. The van der Waals surface area contributed by atoms with Gasteiger partial charge >= 0.3 is 5.69 Å². The maximum absolute atomic E-state index is 11.6. The molecule has 5 aromatic carbocycles. The predicted molar refractivity (Wildman–Crippen MR) is 202 cm³/mol. The molecule has 0 bridgehead atoms. The zero-order valence-electron chi connectivity index (χ0n) is 26.8. The molecule has 0 unspecified atom stereocenters. The highest BCUT2D eigenvalue weighted by Crippen LogP contribution is 2.58. The summed E-state index contributed by atoms with van der Waals surface area (Å²) in [5.74, 6) is 1.56. The highest BCUT2D eigenvalue weighted by atomic mass is 31.2. The Kier molecular flexibility index (Phi) is 10.5. The van der Waals surface area contributed by atoms with Crippen molar-refractivity contribution in [1.29, 1.82) is 0 Å². The third-order valence-electron chi connectivity index (χ3n) is 8.05. The number of nitro groups is 2. The molecule has 0 aliphatic heterocycles. The summed E-state index contributed by atoms with van der Waals surface area (Å²) in [7, 11) is -2.12. The highest BCUT2D eigenvalue weighted by Gasteiger charge is 2.46. The molecule has 1 aromatic heterocycles. The SMILES string of the molecule is O=[N+]([O-])c1ccc(NN=C(/C=C\C=C/c2ccc(C[P+](c3ccccc3)(c3ccccc3)c3ccccc3)o2)c2ccccc2)c([N+](=O)[O-])c1. The molecule has 1 heterocycles. The first-order valence-corrected chi connectivity index (χ1v) is 17.7. The lowest BCUT2D eigenvalue weighted by Crippen LogP contribution is -2.32. The Morgan fingerprint density at radius 3 is 1.78 bits per heavy atom. The molecule has 0 aliphatic carbocycles. The van der Waals surface area contributed by atoms with Crippen LogP contribution in [0.5, 0.6) is 0 Å². The van der Waals surface area contributed by atoms with Crippen LogP contribution in [0.15, 0.2) is 179 Å². The van der Waals surface area contributed by atoms with Crippen LogP contribution < -0.4 is 21.3 Å². The second-order valence-corrected chi connectivity index (χ2v) is 14.7. The van der Waals surface area contributed by atoms with Crippen LogP contribution in [0.25, 0.3) is 6.08 Å². The predicted octanol–water partition coefficient (Wildman–Crippen LogP) is 8.68. The molecule has 9 nitrogen and oxygen atoms in total. The molecule has 0 atom stereocenters. The molecule has 6 aromatic rings. The van der Waals surface area contributed by atoms with E-state index in [-0.39, 0.29) is 11.4 Å². The first-order valence-electron chi connectivity index (χ1n) is 15.7. The summed E-state index contributed by atoms with van der Waals surface area (Å²) in [5.41, 5.74) is 3.17. The van der Waals surface area contributed by atoms with E-state index in [1.807, 2.05) is 72.8 Å². The summed E-state index contributed by atoms with van der Waals surface area (Å²) in [4.78, 5) is 21.4. The maximum atomic E-state index is 11.6. The molecular weight excluding hydrogens is 647 g/mol. The molecule has 0 saturated heterocycles. The van der Waals surface area contributed by atoms with E-state index in [4.69, 9.17) is 4.42 Å². The Balaban J connectivity index is 1.27. The third-order valence-corrected chi connectivity index (χ3v) is 12.4. The molecule has 10 heteroatoms. The largest absolute Gasteiger partial charge is 0.458 e. The van der Waals surface area contributed by atoms with Crippen molar-refractivity contribution in [1.82, 2.24) is 0 Å². The Bertz CT molecular complexity index is 2070. The molecule has 0 aliphatic rings. The van der Waals surface area contributed by atoms with E-state index in [2.05, 4.69) is 83.3 Å². The van der Waals surface area contributed by atoms with Gasteiger partial charge in [0.15, 0.2) is 0 Å². The monoisotopic (exact) mass is 679 g/mol. The van der Waals surface area contributed by atoms with Gasteiger partial charge in [0.25, 0.3) is 5.69 Å². The fraction of sp³-hybridized carbons (Fsp3) is 0.0250. The Morgan fingerprint density at radius 1 is 0.680 bits per heavy atom. The van der Waals surface area contributed by atoms with Gasteiger partial charge in [-0.25, -0.2) is 0 Å². The van der Waals surface area contributed by atoms with Gasteiger partial charge in [0.05, 0.1) is 21.6 Å². The minimum absolute atomic E-state index is 0.0292. The van der Waals surface area contributed by atoms with E-state index in [1.165, 1.54) is 28.0 Å². The van der Waals surface area contributed by atoms with Gasteiger partial charge in [-0.2, -0.15) is 5.10 Å². The molecule has 0 fully saturated rings. The number of benzene rings is 5. The van der Waals surface area contributed by atoms with Gasteiger partial charge in [0.1, 0.15) is 46.5 Å². The number of allylic oxidation sites excluding steroid dienone is 3. The summed E-state index contributed by atoms with van der Waals surface area (Å²) in [6.45, 7) is 0. The summed E-state index contributed by atoms with van der Waals surface area (Å²) < 4.78 is 6.42. The summed E-state index contributed by atoms with van der Waals surface area (Å²) in [6, 6.07) is 48.6. The molecular formula is C40H32N4O5P+. The van der Waals surface area contributed by atoms with Crippen molar-refractivity contribution >= 4 is 52.0 Å². The quantitative estimate of drug-likeness (QED) is 0.0428. The van der Waals surface area contributed by atoms with Crippen LogP contribution >= 0.6 is 7.26 Å². The molecule has 0 spiro atoms. The lowest BCUT2D eigenvalue weighted by Gasteiger charge is -2.26. The minimum atomic E-state index is -2.12. The number of nitrogens with zero attached hydrogens (tertiary/aromatic N) is 3. The van der Waals surface area contributed by atoms with Crippen LogP contribution in [0.3, 0.4) is 0 Å². The first-order chi connectivity index (χ1) is 24.4. The Labute approximate surface area is 289 Å². The van der Waals surface area contributed by atoms with Gasteiger partial charge in [0, 0.05) is 11.6 Å². The van der Waals surface area contributed by atoms with Crippen molar-refractivity contribution in [3.8, 4) is 0 Å². The number of hydrogen-bond donors (Lipinski definition) is 1. The van der Waals surface area contributed by atoms with Crippen LogP contribution in [-0.2, 0) is 6.16 Å². The number of hydrazone groups is 1. The molecule has 0 saturated carbocycles. The maximum Gasteiger partial charge on any atom is 0.301 e. The lowest BCUT2D eigenvalue weighted by molar-refractivity contribution is -0.393. The van der Waals surface area contributed by atoms with Crippen LogP contribution in [-0.4, -0.2) is 15.6 Å². The van der Waals surface area contributed by atoms with E-state index in [0.29, 0.717) is 17.6 Å². The Morgan fingerprint density at radius 2 is 1.24 bits per heavy atom. The van der Waals surface area contributed by atoms with Crippen LogP contribution in [0.1, 0.15) is 17.1 Å². The van der Waals surface area contributed by atoms with Crippen molar-refractivity contribution < 1.29 is 14.3 Å².